The maximum absolute atomic E-state index is 5.77. The van der Waals surface area contributed by atoms with E-state index in [-0.39, 0.29) is 0 Å². The molecule has 2 aromatic heterocycles. The number of aryl methyl sites for hydroxylation is 1. The first-order chi connectivity index (χ1) is 14.1. The molecular weight excluding hydrogens is 390 g/mol. The van der Waals surface area contributed by atoms with Gasteiger partial charge in [0.1, 0.15) is 17.8 Å². The van der Waals surface area contributed by atoms with Crippen LogP contribution in [-0.2, 0) is 5.75 Å². The summed E-state index contributed by atoms with van der Waals surface area (Å²) in [6, 6.07) is 13.5. The topological polar surface area (TPSA) is 83.4 Å². The number of hydrogen-bond acceptors (Lipinski definition) is 8. The molecule has 0 spiro atoms. The second kappa shape index (κ2) is 8.40. The molecule has 148 valence electrons. The Labute approximate surface area is 172 Å². The quantitative estimate of drug-likeness (QED) is 0.394. The Morgan fingerprint density at radius 3 is 2.31 bits per heavy atom. The molecule has 7 nitrogen and oxygen atoms in total. The lowest BCUT2D eigenvalue weighted by atomic mass is 10.1. The zero-order valence-corrected chi connectivity index (χ0v) is 17.0. The molecule has 0 fully saturated rings. The first-order valence-electron chi connectivity index (χ1n) is 8.86. The number of oxazole rings is 1. The van der Waals surface area contributed by atoms with Crippen LogP contribution >= 0.6 is 11.8 Å². The van der Waals surface area contributed by atoms with Gasteiger partial charge in [0.2, 0.25) is 11.8 Å². The van der Waals surface area contributed by atoms with Crippen LogP contribution in [0.4, 0.5) is 0 Å². The van der Waals surface area contributed by atoms with Gasteiger partial charge in [-0.25, -0.2) is 4.98 Å². The molecule has 4 aromatic rings. The van der Waals surface area contributed by atoms with Crippen molar-refractivity contribution in [1.82, 2.24) is 15.2 Å². The highest BCUT2D eigenvalue weighted by Crippen LogP contribution is 2.31. The van der Waals surface area contributed by atoms with Gasteiger partial charge in [-0.2, -0.15) is 0 Å². The average molecular weight is 409 g/mol. The number of nitrogens with zero attached hydrogens (tertiary/aromatic N) is 3. The second-order valence-electron chi connectivity index (χ2n) is 6.27. The van der Waals surface area contributed by atoms with Gasteiger partial charge < -0.3 is 18.3 Å². The van der Waals surface area contributed by atoms with E-state index in [1.807, 2.05) is 43.3 Å². The summed E-state index contributed by atoms with van der Waals surface area (Å²) < 4.78 is 21.9. The number of aromatic nitrogens is 3. The number of rotatable bonds is 7. The molecule has 0 aliphatic heterocycles. The van der Waals surface area contributed by atoms with Gasteiger partial charge in [0.05, 0.1) is 19.9 Å². The van der Waals surface area contributed by atoms with Crippen molar-refractivity contribution in [3.8, 4) is 34.4 Å². The molecule has 4 rings (SSSR count). The highest BCUT2D eigenvalue weighted by Gasteiger charge is 2.13. The van der Waals surface area contributed by atoms with E-state index < -0.39 is 0 Å². The van der Waals surface area contributed by atoms with Crippen molar-refractivity contribution in [2.45, 2.75) is 17.9 Å². The van der Waals surface area contributed by atoms with E-state index in [1.54, 1.807) is 26.5 Å². The van der Waals surface area contributed by atoms with Gasteiger partial charge in [0.15, 0.2) is 0 Å². The lowest BCUT2D eigenvalue weighted by Gasteiger charge is -2.05. The van der Waals surface area contributed by atoms with Gasteiger partial charge in [-0.05, 0) is 31.2 Å². The molecule has 0 atom stereocenters. The summed E-state index contributed by atoms with van der Waals surface area (Å²) in [5.74, 6) is 2.84. The molecule has 0 radical (unpaired) electrons. The van der Waals surface area contributed by atoms with E-state index in [4.69, 9.17) is 18.3 Å². The molecule has 29 heavy (non-hydrogen) atoms. The molecule has 0 aliphatic rings. The van der Waals surface area contributed by atoms with Crippen molar-refractivity contribution in [3.05, 3.63) is 60.0 Å². The van der Waals surface area contributed by atoms with Crippen molar-refractivity contribution < 1.29 is 18.3 Å². The Hall–Kier alpha value is -3.26. The molecule has 0 bridgehead atoms. The van der Waals surface area contributed by atoms with Gasteiger partial charge >= 0.3 is 0 Å². The fraction of sp³-hybridized carbons (Fsp3) is 0.190. The number of hydrogen-bond donors (Lipinski definition) is 0. The predicted octanol–water partition coefficient (Wildman–Crippen LogP) is 5.01. The minimum absolute atomic E-state index is 0.394. The summed E-state index contributed by atoms with van der Waals surface area (Å²) in [7, 11) is 3.19. The van der Waals surface area contributed by atoms with Crippen LogP contribution in [0.5, 0.6) is 11.5 Å². The van der Waals surface area contributed by atoms with Gasteiger partial charge in [-0.15, -0.1) is 10.2 Å². The van der Waals surface area contributed by atoms with Crippen LogP contribution in [0.1, 0.15) is 11.3 Å². The van der Waals surface area contributed by atoms with Crippen LogP contribution in [-0.4, -0.2) is 29.4 Å². The van der Waals surface area contributed by atoms with E-state index in [0.717, 1.165) is 16.8 Å². The average Bonchev–Trinajstić information content (AvgIpc) is 3.42. The molecule has 2 aromatic carbocycles. The Bertz CT molecular complexity index is 1080. The molecule has 0 saturated heterocycles. The van der Waals surface area contributed by atoms with Gasteiger partial charge in [0, 0.05) is 22.9 Å². The van der Waals surface area contributed by atoms with Crippen LogP contribution in [0.2, 0.25) is 0 Å². The van der Waals surface area contributed by atoms with Gasteiger partial charge in [-0.3, -0.25) is 0 Å². The second-order valence-corrected chi connectivity index (χ2v) is 7.20. The minimum Gasteiger partial charge on any atom is -0.497 e. The van der Waals surface area contributed by atoms with Gasteiger partial charge in [0.25, 0.3) is 5.22 Å². The molecule has 0 unspecified atom stereocenters. The predicted molar refractivity (Wildman–Crippen MR) is 109 cm³/mol. The number of thioether (sulfide) groups is 1. The minimum atomic E-state index is 0.394. The normalized spacial score (nSPS) is 10.9. The van der Waals surface area contributed by atoms with E-state index >= 15 is 0 Å². The lowest BCUT2D eigenvalue weighted by molar-refractivity contribution is 0.394. The van der Waals surface area contributed by atoms with Crippen molar-refractivity contribution >= 4 is 11.8 Å². The van der Waals surface area contributed by atoms with Crippen LogP contribution in [0.25, 0.3) is 22.9 Å². The third kappa shape index (κ3) is 4.43. The fourth-order valence-electron chi connectivity index (χ4n) is 2.65. The van der Waals surface area contributed by atoms with Crippen molar-refractivity contribution in [2.24, 2.45) is 0 Å². The van der Waals surface area contributed by atoms with Crippen LogP contribution in [0.15, 0.2) is 62.8 Å². The zero-order chi connectivity index (χ0) is 20.2. The highest BCUT2D eigenvalue weighted by atomic mass is 32.2. The monoisotopic (exact) mass is 409 g/mol. The van der Waals surface area contributed by atoms with Crippen LogP contribution < -0.4 is 9.47 Å². The standard InChI is InChI=1S/C21H19N3O4S/c1-13-4-6-14(7-5-13)19-22-16(11-27-19)12-29-21-24-23-20(28-21)15-8-17(25-2)10-18(9-15)26-3/h4-11H,12H2,1-3H3. The summed E-state index contributed by atoms with van der Waals surface area (Å²) in [5.41, 5.74) is 3.66. The molecule has 0 aliphatic carbocycles. The molecule has 0 N–H and O–H groups in total. The van der Waals surface area contributed by atoms with E-state index in [0.29, 0.717) is 34.3 Å². The molecular formula is C21H19N3O4S. The van der Waals surface area contributed by atoms with E-state index in [1.165, 1.54) is 17.3 Å². The Kier molecular flexibility index (Phi) is 5.53. The summed E-state index contributed by atoms with van der Waals surface area (Å²) in [5, 5.41) is 8.66. The lowest BCUT2D eigenvalue weighted by Crippen LogP contribution is -1.88. The maximum atomic E-state index is 5.77. The summed E-state index contributed by atoms with van der Waals surface area (Å²) in [6.07, 6.45) is 1.65. The third-order valence-corrected chi connectivity index (χ3v) is 5.05. The zero-order valence-electron chi connectivity index (χ0n) is 16.2. The summed E-state index contributed by atoms with van der Waals surface area (Å²) in [4.78, 5) is 4.53. The first-order valence-corrected chi connectivity index (χ1v) is 9.84. The Morgan fingerprint density at radius 2 is 1.62 bits per heavy atom. The first kappa shape index (κ1) is 19.1. The maximum Gasteiger partial charge on any atom is 0.277 e. The molecule has 0 amide bonds. The number of benzene rings is 2. The summed E-state index contributed by atoms with van der Waals surface area (Å²) >= 11 is 1.39. The molecule has 2 heterocycles. The third-order valence-electron chi connectivity index (χ3n) is 4.20. The van der Waals surface area contributed by atoms with E-state index in [9.17, 15) is 0 Å². The molecule has 8 heteroatoms. The fourth-order valence-corrected chi connectivity index (χ4v) is 3.29. The Morgan fingerprint density at radius 1 is 0.897 bits per heavy atom. The Balaban J connectivity index is 1.44. The SMILES string of the molecule is COc1cc(OC)cc(-c2nnc(SCc3coc(-c4ccc(C)cc4)n3)o2)c1. The van der Waals surface area contributed by atoms with Crippen molar-refractivity contribution in [2.75, 3.05) is 14.2 Å². The number of ether oxygens (including phenoxy) is 2. The van der Waals surface area contributed by atoms with Crippen LogP contribution in [0.3, 0.4) is 0 Å². The van der Waals surface area contributed by atoms with Crippen molar-refractivity contribution in [3.63, 3.8) is 0 Å². The van der Waals surface area contributed by atoms with Gasteiger partial charge in [-0.1, -0.05) is 29.5 Å². The highest BCUT2D eigenvalue weighted by molar-refractivity contribution is 7.98. The summed E-state index contributed by atoms with van der Waals surface area (Å²) in [6.45, 7) is 2.04. The number of methoxy groups -OCH3 is 2. The molecule has 0 saturated carbocycles. The largest absolute Gasteiger partial charge is 0.497 e. The van der Waals surface area contributed by atoms with E-state index in [2.05, 4.69) is 15.2 Å². The van der Waals surface area contributed by atoms with Crippen LogP contribution in [0, 0.1) is 6.92 Å². The smallest absolute Gasteiger partial charge is 0.277 e. The van der Waals surface area contributed by atoms with Crippen molar-refractivity contribution in [1.29, 1.82) is 0 Å².